The van der Waals surface area contributed by atoms with Crippen molar-refractivity contribution in [1.82, 2.24) is 15.0 Å². The predicted octanol–water partition coefficient (Wildman–Crippen LogP) is 2.46. The number of aromatic nitrogens is 3. The minimum Gasteiger partial charge on any atom is -0.384 e. The van der Waals surface area contributed by atoms with Crippen LogP contribution in [0, 0.1) is 5.82 Å². The lowest BCUT2D eigenvalue weighted by molar-refractivity contribution is 0.0737. The van der Waals surface area contributed by atoms with Crippen LogP contribution >= 0.6 is 15.9 Å². The molecule has 0 aliphatic carbocycles. The van der Waals surface area contributed by atoms with Gasteiger partial charge in [-0.25, -0.2) is 9.07 Å². The number of rotatable bonds is 3. The standard InChI is InChI=1S/C12H13BrFN3O/c1-12(2,18)10-7-17(16-15-10)6-8-4-3-5-9(14)11(8)13/h3-5,7,18H,6H2,1-2H3. The van der Waals surface area contributed by atoms with Gasteiger partial charge in [0, 0.05) is 0 Å². The summed E-state index contributed by atoms with van der Waals surface area (Å²) in [6.45, 7) is 3.67. The van der Waals surface area contributed by atoms with Gasteiger partial charge in [0.05, 0.1) is 17.2 Å². The minimum absolute atomic E-state index is 0.310. The summed E-state index contributed by atoms with van der Waals surface area (Å²) in [5, 5.41) is 17.6. The predicted molar refractivity (Wildman–Crippen MR) is 68.5 cm³/mol. The molecule has 0 saturated carbocycles. The molecule has 0 atom stereocenters. The fourth-order valence-corrected chi connectivity index (χ4v) is 1.89. The van der Waals surface area contributed by atoms with Crippen molar-refractivity contribution in [2.45, 2.75) is 26.0 Å². The lowest BCUT2D eigenvalue weighted by Gasteiger charge is -2.11. The van der Waals surface area contributed by atoms with E-state index in [1.807, 2.05) is 0 Å². The molecule has 96 valence electrons. The number of nitrogens with zero attached hydrogens (tertiary/aromatic N) is 3. The Morgan fingerprint density at radius 3 is 2.78 bits per heavy atom. The van der Waals surface area contributed by atoms with E-state index < -0.39 is 5.60 Å². The molecule has 1 aromatic carbocycles. The maximum Gasteiger partial charge on any atom is 0.137 e. The number of benzene rings is 1. The summed E-state index contributed by atoms with van der Waals surface area (Å²) in [6, 6.07) is 4.83. The highest BCUT2D eigenvalue weighted by atomic mass is 79.9. The van der Waals surface area contributed by atoms with Gasteiger partial charge in [-0.1, -0.05) is 17.3 Å². The number of hydrogen-bond acceptors (Lipinski definition) is 3. The summed E-state index contributed by atoms with van der Waals surface area (Å²) in [5.74, 6) is -0.310. The molecular formula is C12H13BrFN3O. The van der Waals surface area contributed by atoms with Crippen LogP contribution < -0.4 is 0 Å². The van der Waals surface area contributed by atoms with Crippen molar-refractivity contribution in [1.29, 1.82) is 0 Å². The van der Waals surface area contributed by atoms with E-state index in [0.717, 1.165) is 5.56 Å². The van der Waals surface area contributed by atoms with Crippen LogP contribution in [0.1, 0.15) is 25.1 Å². The van der Waals surface area contributed by atoms with Gasteiger partial charge in [0.2, 0.25) is 0 Å². The highest BCUT2D eigenvalue weighted by Gasteiger charge is 2.20. The Labute approximate surface area is 113 Å². The first kappa shape index (κ1) is 13.2. The lowest BCUT2D eigenvalue weighted by atomic mass is 10.1. The zero-order valence-electron chi connectivity index (χ0n) is 10.1. The molecule has 1 N–H and O–H groups in total. The van der Waals surface area contributed by atoms with Crippen LogP contribution in [0.15, 0.2) is 28.9 Å². The van der Waals surface area contributed by atoms with Crippen molar-refractivity contribution in [3.05, 3.63) is 45.9 Å². The third kappa shape index (κ3) is 2.76. The molecule has 1 heterocycles. The average Bonchev–Trinajstić information content (AvgIpc) is 2.73. The first-order valence-electron chi connectivity index (χ1n) is 5.44. The highest BCUT2D eigenvalue weighted by Crippen LogP contribution is 2.22. The lowest BCUT2D eigenvalue weighted by Crippen LogP contribution is -2.15. The zero-order valence-corrected chi connectivity index (χ0v) is 11.6. The third-order valence-electron chi connectivity index (χ3n) is 2.53. The first-order chi connectivity index (χ1) is 8.38. The zero-order chi connectivity index (χ0) is 13.3. The largest absolute Gasteiger partial charge is 0.384 e. The molecule has 2 rings (SSSR count). The van der Waals surface area contributed by atoms with Gasteiger partial charge in [-0.05, 0) is 41.4 Å². The van der Waals surface area contributed by atoms with Gasteiger partial charge < -0.3 is 5.11 Å². The van der Waals surface area contributed by atoms with Gasteiger partial charge in [0.25, 0.3) is 0 Å². The summed E-state index contributed by atoms with van der Waals surface area (Å²) in [6.07, 6.45) is 1.65. The fraction of sp³-hybridized carbons (Fsp3) is 0.333. The van der Waals surface area contributed by atoms with Crippen molar-refractivity contribution in [3.63, 3.8) is 0 Å². The molecule has 0 fully saturated rings. The molecule has 6 heteroatoms. The third-order valence-corrected chi connectivity index (χ3v) is 3.42. The van der Waals surface area contributed by atoms with Crippen molar-refractivity contribution >= 4 is 15.9 Å². The normalized spacial score (nSPS) is 11.8. The van der Waals surface area contributed by atoms with E-state index in [4.69, 9.17) is 0 Å². The van der Waals surface area contributed by atoms with E-state index in [-0.39, 0.29) is 5.82 Å². The minimum atomic E-state index is -1.03. The molecule has 0 aliphatic heterocycles. The van der Waals surface area contributed by atoms with Gasteiger partial charge in [0.15, 0.2) is 0 Å². The van der Waals surface area contributed by atoms with E-state index in [0.29, 0.717) is 16.7 Å². The van der Waals surface area contributed by atoms with Gasteiger partial charge in [-0.2, -0.15) is 0 Å². The Morgan fingerprint density at radius 1 is 1.44 bits per heavy atom. The van der Waals surface area contributed by atoms with Crippen LogP contribution in [0.25, 0.3) is 0 Å². The second-order valence-electron chi connectivity index (χ2n) is 4.57. The van der Waals surface area contributed by atoms with Crippen LogP contribution in [0.4, 0.5) is 4.39 Å². The molecule has 0 aliphatic rings. The smallest absolute Gasteiger partial charge is 0.137 e. The van der Waals surface area contributed by atoms with Gasteiger partial charge >= 0.3 is 0 Å². The summed E-state index contributed by atoms with van der Waals surface area (Å²) >= 11 is 3.20. The maximum atomic E-state index is 13.3. The average molecular weight is 314 g/mol. The number of hydrogen-bond donors (Lipinski definition) is 1. The Kier molecular flexibility index (Phi) is 3.49. The van der Waals surface area contributed by atoms with Crippen LogP contribution in [0.2, 0.25) is 0 Å². The van der Waals surface area contributed by atoms with Gasteiger partial charge in [-0.15, -0.1) is 5.10 Å². The summed E-state index contributed by atoms with van der Waals surface area (Å²) in [7, 11) is 0. The Hall–Kier alpha value is -1.27. The van der Waals surface area contributed by atoms with E-state index in [1.54, 1.807) is 36.9 Å². The van der Waals surface area contributed by atoms with Crippen LogP contribution in [0.5, 0.6) is 0 Å². The van der Waals surface area contributed by atoms with E-state index in [1.165, 1.54) is 6.07 Å². The highest BCUT2D eigenvalue weighted by molar-refractivity contribution is 9.10. The number of halogens is 2. The van der Waals surface area contributed by atoms with Crippen molar-refractivity contribution in [2.75, 3.05) is 0 Å². The summed E-state index contributed by atoms with van der Waals surface area (Å²) < 4.78 is 15.3. The van der Waals surface area contributed by atoms with Gasteiger partial charge in [0.1, 0.15) is 17.1 Å². The van der Waals surface area contributed by atoms with Crippen LogP contribution in [-0.2, 0) is 12.1 Å². The topological polar surface area (TPSA) is 50.9 Å². The van der Waals surface area contributed by atoms with Gasteiger partial charge in [-0.3, -0.25) is 0 Å². The molecule has 0 saturated heterocycles. The second kappa shape index (κ2) is 4.78. The first-order valence-corrected chi connectivity index (χ1v) is 6.23. The van der Waals surface area contributed by atoms with Crippen molar-refractivity contribution in [3.8, 4) is 0 Å². The molecule has 0 bridgehead atoms. The van der Waals surface area contributed by atoms with Crippen LogP contribution in [0.3, 0.4) is 0 Å². The monoisotopic (exact) mass is 313 g/mol. The van der Waals surface area contributed by atoms with Crippen LogP contribution in [-0.4, -0.2) is 20.1 Å². The van der Waals surface area contributed by atoms with E-state index in [9.17, 15) is 9.50 Å². The molecule has 18 heavy (non-hydrogen) atoms. The summed E-state index contributed by atoms with van der Waals surface area (Å²) in [5.41, 5.74) is 0.217. The van der Waals surface area contributed by atoms with Crippen molar-refractivity contribution in [2.24, 2.45) is 0 Å². The quantitative estimate of drug-likeness (QED) is 0.947. The Bertz CT molecular complexity index is 563. The molecule has 2 aromatic rings. The molecule has 0 unspecified atom stereocenters. The number of aliphatic hydroxyl groups is 1. The van der Waals surface area contributed by atoms with E-state index >= 15 is 0 Å². The molecule has 0 amide bonds. The molecule has 0 spiro atoms. The molecule has 4 nitrogen and oxygen atoms in total. The summed E-state index contributed by atoms with van der Waals surface area (Å²) in [4.78, 5) is 0. The molecular weight excluding hydrogens is 301 g/mol. The molecule has 0 radical (unpaired) electrons. The Balaban J connectivity index is 2.24. The second-order valence-corrected chi connectivity index (χ2v) is 5.37. The molecule has 1 aromatic heterocycles. The van der Waals surface area contributed by atoms with E-state index in [2.05, 4.69) is 26.2 Å². The van der Waals surface area contributed by atoms with Crippen molar-refractivity contribution < 1.29 is 9.50 Å². The SMILES string of the molecule is CC(C)(O)c1cn(Cc2cccc(F)c2Br)nn1. The maximum absolute atomic E-state index is 13.3. The Morgan fingerprint density at radius 2 is 2.17 bits per heavy atom. The fourth-order valence-electron chi connectivity index (χ4n) is 1.50.